The van der Waals surface area contributed by atoms with Crippen molar-refractivity contribution in [3.05, 3.63) is 206 Å². The minimum absolute atomic E-state index is 0.622. The Labute approximate surface area is 381 Å². The van der Waals surface area contributed by atoms with Crippen molar-refractivity contribution in [2.24, 2.45) is 0 Å². The average Bonchev–Trinajstić information content (AvgIpc) is 4.04. The SMILES string of the molecule is c1ccc(-c2cccc(-c3nc(-c4ccc5c(c4)sc4ccccc45)nc(-c4cc5sc6ccccc6c5cc4-n4c5cc6ccccc6cc5c5ccc6ccccc6c54)n3)c2)cc1. The number of hydrogen-bond acceptors (Lipinski definition) is 5. The van der Waals surface area contributed by atoms with Gasteiger partial charge in [0.25, 0.3) is 0 Å². The van der Waals surface area contributed by atoms with Gasteiger partial charge in [0, 0.05) is 73.2 Å². The summed E-state index contributed by atoms with van der Waals surface area (Å²) in [5.41, 5.74) is 8.39. The average molecular weight is 863 g/mol. The summed E-state index contributed by atoms with van der Waals surface area (Å²) < 4.78 is 7.39. The normalized spacial score (nSPS) is 12.0. The molecule has 4 heterocycles. The van der Waals surface area contributed by atoms with Crippen LogP contribution in [0.1, 0.15) is 0 Å². The van der Waals surface area contributed by atoms with E-state index in [2.05, 4.69) is 211 Å². The summed E-state index contributed by atoms with van der Waals surface area (Å²) in [6, 6.07) is 74.5. The number of rotatable bonds is 5. The van der Waals surface area contributed by atoms with Crippen LogP contribution < -0.4 is 0 Å². The summed E-state index contributed by atoms with van der Waals surface area (Å²) in [6.45, 7) is 0. The van der Waals surface area contributed by atoms with Crippen LogP contribution in [-0.4, -0.2) is 19.5 Å². The molecule has 0 atom stereocenters. The molecule has 4 nitrogen and oxygen atoms in total. The maximum Gasteiger partial charge on any atom is 0.166 e. The van der Waals surface area contributed by atoms with Crippen molar-refractivity contribution in [1.82, 2.24) is 19.5 Å². The van der Waals surface area contributed by atoms with Crippen molar-refractivity contribution >= 4 is 106 Å². The van der Waals surface area contributed by atoms with Gasteiger partial charge in [0.05, 0.1) is 16.7 Å². The molecular weight excluding hydrogens is 829 g/mol. The lowest BCUT2D eigenvalue weighted by molar-refractivity contribution is 1.07. The van der Waals surface area contributed by atoms with Crippen molar-refractivity contribution < 1.29 is 0 Å². The van der Waals surface area contributed by atoms with Crippen LogP contribution in [0.5, 0.6) is 0 Å². The van der Waals surface area contributed by atoms with Gasteiger partial charge in [-0.2, -0.15) is 0 Å². The van der Waals surface area contributed by atoms with Crippen LogP contribution in [0.3, 0.4) is 0 Å². The summed E-state index contributed by atoms with van der Waals surface area (Å²) >= 11 is 3.62. The lowest BCUT2D eigenvalue weighted by Crippen LogP contribution is -2.04. The Morgan fingerprint density at radius 3 is 1.66 bits per heavy atom. The van der Waals surface area contributed by atoms with E-state index < -0.39 is 0 Å². The first-order valence-corrected chi connectivity index (χ1v) is 23.5. The summed E-state index contributed by atoms with van der Waals surface area (Å²) in [5, 5.41) is 12.2. The van der Waals surface area contributed by atoms with E-state index in [0.29, 0.717) is 17.5 Å². The molecule has 10 aromatic carbocycles. The van der Waals surface area contributed by atoms with E-state index in [1.165, 1.54) is 72.7 Å². The molecule has 14 aromatic rings. The van der Waals surface area contributed by atoms with Crippen molar-refractivity contribution in [2.45, 2.75) is 0 Å². The Morgan fingerprint density at radius 1 is 0.308 bits per heavy atom. The largest absolute Gasteiger partial charge is 0.308 e. The molecule has 302 valence electrons. The zero-order valence-electron chi connectivity index (χ0n) is 34.7. The van der Waals surface area contributed by atoms with Crippen molar-refractivity contribution in [3.8, 4) is 51.0 Å². The molecule has 0 aliphatic rings. The maximum atomic E-state index is 5.52. The zero-order chi connectivity index (χ0) is 42.6. The van der Waals surface area contributed by atoms with Gasteiger partial charge in [-0.1, -0.05) is 158 Å². The van der Waals surface area contributed by atoms with Gasteiger partial charge in [-0.3, -0.25) is 0 Å². The van der Waals surface area contributed by atoms with E-state index in [9.17, 15) is 0 Å². The van der Waals surface area contributed by atoms with Gasteiger partial charge in [-0.25, -0.2) is 15.0 Å². The van der Waals surface area contributed by atoms with Crippen LogP contribution in [-0.2, 0) is 0 Å². The first kappa shape index (κ1) is 36.5. The third-order valence-corrected chi connectivity index (χ3v) is 15.3. The van der Waals surface area contributed by atoms with Crippen molar-refractivity contribution in [3.63, 3.8) is 0 Å². The van der Waals surface area contributed by atoms with Gasteiger partial charge >= 0.3 is 0 Å². The van der Waals surface area contributed by atoms with E-state index >= 15 is 0 Å². The molecule has 0 amide bonds. The molecule has 6 heteroatoms. The molecule has 0 spiro atoms. The van der Waals surface area contributed by atoms with E-state index in [-0.39, 0.29) is 0 Å². The Bertz CT molecular complexity index is 4250. The van der Waals surface area contributed by atoms with Crippen LogP contribution in [0.4, 0.5) is 0 Å². The Morgan fingerprint density at radius 2 is 0.877 bits per heavy atom. The van der Waals surface area contributed by atoms with Crippen molar-refractivity contribution in [2.75, 3.05) is 0 Å². The number of hydrogen-bond donors (Lipinski definition) is 0. The van der Waals surface area contributed by atoms with Crippen LogP contribution >= 0.6 is 22.7 Å². The fourth-order valence-electron chi connectivity index (χ4n) is 9.93. The highest BCUT2D eigenvalue weighted by molar-refractivity contribution is 7.26. The number of benzene rings is 10. The molecule has 0 unspecified atom stereocenters. The predicted molar refractivity (Wildman–Crippen MR) is 277 cm³/mol. The maximum absolute atomic E-state index is 5.52. The number of nitrogens with zero attached hydrogens (tertiary/aromatic N) is 4. The van der Waals surface area contributed by atoms with Gasteiger partial charge in [-0.05, 0) is 75.8 Å². The van der Waals surface area contributed by atoms with Gasteiger partial charge in [-0.15, -0.1) is 22.7 Å². The van der Waals surface area contributed by atoms with Gasteiger partial charge in [0.2, 0.25) is 0 Å². The van der Waals surface area contributed by atoms with Crippen LogP contribution in [0, 0.1) is 0 Å². The summed E-state index contributed by atoms with van der Waals surface area (Å²) in [5.74, 6) is 1.88. The van der Waals surface area contributed by atoms with E-state index in [4.69, 9.17) is 15.0 Å². The number of thiophene rings is 2. The van der Waals surface area contributed by atoms with Gasteiger partial charge in [0.15, 0.2) is 17.5 Å². The van der Waals surface area contributed by atoms with E-state index in [1.54, 1.807) is 11.3 Å². The molecule has 0 aliphatic carbocycles. The highest BCUT2D eigenvalue weighted by Crippen LogP contribution is 2.45. The van der Waals surface area contributed by atoms with E-state index in [1.807, 2.05) is 11.3 Å². The Hall–Kier alpha value is -8.03. The standard InChI is InChI=1S/C59H34N4S2/c1-2-13-35(14-3-1)37-18-12-19-40(29-37)57-60-58(41-26-27-45-43-21-8-10-23-52(43)64-54(45)32-41)62-59(61-57)49-34-55-48(44-22-9-11-24-53(44)65-55)33-51(49)63-50-31-39-17-5-4-16-38(39)30-47(50)46-28-25-36-15-6-7-20-42(36)56(46)63/h1-34H. The number of aromatic nitrogens is 4. The fraction of sp³-hybridized carbons (Fsp3) is 0. The second-order valence-corrected chi connectivity index (χ2v) is 18.9. The highest BCUT2D eigenvalue weighted by atomic mass is 32.1. The molecule has 0 saturated heterocycles. The quantitative estimate of drug-likeness (QED) is 0.173. The molecule has 0 bridgehead atoms. The topological polar surface area (TPSA) is 43.6 Å². The predicted octanol–water partition coefficient (Wildman–Crippen LogP) is 16.7. The lowest BCUT2D eigenvalue weighted by atomic mass is 10.0. The molecule has 4 aromatic heterocycles. The molecule has 14 rings (SSSR count). The fourth-order valence-corrected chi connectivity index (χ4v) is 12.2. The summed E-state index contributed by atoms with van der Waals surface area (Å²) in [6.07, 6.45) is 0. The Balaban J connectivity index is 1.10. The molecule has 0 radical (unpaired) electrons. The minimum atomic E-state index is 0.622. The smallest absolute Gasteiger partial charge is 0.166 e. The first-order valence-electron chi connectivity index (χ1n) is 21.8. The Kier molecular flexibility index (Phi) is 7.99. The molecule has 65 heavy (non-hydrogen) atoms. The van der Waals surface area contributed by atoms with Crippen LogP contribution in [0.25, 0.3) is 135 Å². The summed E-state index contributed by atoms with van der Waals surface area (Å²) in [4.78, 5) is 16.4. The molecule has 0 N–H and O–H groups in total. The summed E-state index contributed by atoms with van der Waals surface area (Å²) in [7, 11) is 0. The second kappa shape index (κ2) is 14.2. The van der Waals surface area contributed by atoms with E-state index in [0.717, 1.165) is 44.5 Å². The highest BCUT2D eigenvalue weighted by Gasteiger charge is 2.23. The van der Waals surface area contributed by atoms with Gasteiger partial charge < -0.3 is 4.57 Å². The lowest BCUT2D eigenvalue weighted by Gasteiger charge is -2.16. The van der Waals surface area contributed by atoms with Crippen LogP contribution in [0.15, 0.2) is 206 Å². The molecule has 0 fully saturated rings. The molecule has 0 aliphatic heterocycles. The van der Waals surface area contributed by atoms with Crippen molar-refractivity contribution in [1.29, 1.82) is 0 Å². The first-order chi connectivity index (χ1) is 32.2. The minimum Gasteiger partial charge on any atom is -0.308 e. The third kappa shape index (κ3) is 5.78. The monoisotopic (exact) mass is 862 g/mol. The van der Waals surface area contributed by atoms with Crippen LogP contribution in [0.2, 0.25) is 0 Å². The third-order valence-electron chi connectivity index (χ3n) is 13.0. The number of fused-ring (bicyclic) bond motifs is 12. The molecular formula is C59H34N4S2. The zero-order valence-corrected chi connectivity index (χ0v) is 36.4. The van der Waals surface area contributed by atoms with Gasteiger partial charge in [0.1, 0.15) is 0 Å². The molecule has 0 saturated carbocycles. The second-order valence-electron chi connectivity index (χ2n) is 16.8.